The van der Waals surface area contributed by atoms with Crippen LogP contribution in [0.5, 0.6) is 0 Å². The Hall–Kier alpha value is -1.98. The number of likely N-dealkylation sites (tertiary alicyclic amines) is 2. The molecule has 2 heterocycles. The van der Waals surface area contributed by atoms with Gasteiger partial charge in [0, 0.05) is 13.1 Å². The zero-order valence-electron chi connectivity index (χ0n) is 16.5. The summed E-state index contributed by atoms with van der Waals surface area (Å²) in [6.07, 6.45) is 7.66. The molecule has 6 rings (SSSR count). The van der Waals surface area contributed by atoms with Gasteiger partial charge in [0.2, 0.25) is 23.6 Å². The average Bonchev–Trinajstić information content (AvgIpc) is 3.03. The van der Waals surface area contributed by atoms with E-state index in [-0.39, 0.29) is 71.0 Å². The SMILES string of the molecule is CCCCN1C(=O)[C@H]2[C@H]3C=C[C@@H]([C@@H]2C1=O)[C@H]1[C@H]2C(=O)N(CCCC)C(=O)[C@@H]2[C@H]31. The van der Waals surface area contributed by atoms with E-state index >= 15 is 0 Å². The van der Waals surface area contributed by atoms with Crippen molar-refractivity contribution in [2.24, 2.45) is 47.3 Å². The predicted molar refractivity (Wildman–Crippen MR) is 100 cm³/mol. The second-order valence-corrected chi connectivity index (χ2v) is 9.16. The van der Waals surface area contributed by atoms with Crippen LogP contribution in [0.1, 0.15) is 39.5 Å². The van der Waals surface area contributed by atoms with Crippen molar-refractivity contribution in [3.63, 3.8) is 0 Å². The van der Waals surface area contributed by atoms with E-state index < -0.39 is 0 Å². The molecule has 2 bridgehead atoms. The van der Waals surface area contributed by atoms with Crippen LogP contribution in [-0.4, -0.2) is 46.5 Å². The summed E-state index contributed by atoms with van der Waals surface area (Å²) >= 11 is 0. The molecule has 2 aliphatic heterocycles. The lowest BCUT2D eigenvalue weighted by atomic mass is 9.40. The smallest absolute Gasteiger partial charge is 0.233 e. The molecule has 6 heteroatoms. The van der Waals surface area contributed by atoms with Crippen LogP contribution in [0.25, 0.3) is 0 Å². The van der Waals surface area contributed by atoms with Crippen LogP contribution in [0.2, 0.25) is 0 Å². The maximum atomic E-state index is 13.1. The Balaban J connectivity index is 1.45. The Labute approximate surface area is 165 Å². The van der Waals surface area contributed by atoms with Gasteiger partial charge in [-0.1, -0.05) is 38.8 Å². The molecule has 0 spiro atoms. The largest absolute Gasteiger partial charge is 0.282 e. The van der Waals surface area contributed by atoms with Crippen LogP contribution < -0.4 is 0 Å². The summed E-state index contributed by atoms with van der Waals surface area (Å²) in [5, 5.41) is 0. The van der Waals surface area contributed by atoms with Gasteiger partial charge < -0.3 is 0 Å². The topological polar surface area (TPSA) is 74.8 Å². The third kappa shape index (κ3) is 2.04. The number of nitrogens with zero attached hydrogens (tertiary/aromatic N) is 2. The average molecular weight is 384 g/mol. The molecular weight excluding hydrogens is 356 g/mol. The summed E-state index contributed by atoms with van der Waals surface area (Å²) < 4.78 is 0. The van der Waals surface area contributed by atoms with E-state index in [1.807, 2.05) is 13.8 Å². The lowest BCUT2D eigenvalue weighted by Crippen LogP contribution is -2.63. The molecule has 4 aliphatic carbocycles. The first-order valence-electron chi connectivity index (χ1n) is 10.9. The van der Waals surface area contributed by atoms with Crippen LogP contribution in [-0.2, 0) is 19.2 Å². The molecule has 0 aromatic rings. The summed E-state index contributed by atoms with van der Waals surface area (Å²) in [7, 11) is 0. The van der Waals surface area contributed by atoms with Crippen molar-refractivity contribution >= 4 is 23.6 Å². The first kappa shape index (κ1) is 18.1. The lowest BCUT2D eigenvalue weighted by molar-refractivity contribution is -0.166. The zero-order chi connectivity index (χ0) is 19.7. The predicted octanol–water partition coefficient (Wildman–Crippen LogP) is 1.85. The fraction of sp³-hybridized carbons (Fsp3) is 0.727. The normalized spacial score (nSPS) is 42.8. The number of hydrogen-bond donors (Lipinski definition) is 0. The molecule has 150 valence electrons. The molecule has 2 saturated carbocycles. The summed E-state index contributed by atoms with van der Waals surface area (Å²) in [6, 6.07) is 0. The van der Waals surface area contributed by atoms with E-state index in [1.165, 1.54) is 9.80 Å². The van der Waals surface area contributed by atoms with Crippen LogP contribution >= 0.6 is 0 Å². The van der Waals surface area contributed by atoms with Gasteiger partial charge in [-0.2, -0.15) is 0 Å². The van der Waals surface area contributed by atoms with E-state index in [4.69, 9.17) is 0 Å². The van der Waals surface area contributed by atoms with E-state index in [2.05, 4.69) is 12.2 Å². The third-order valence-electron chi connectivity index (χ3n) is 8.00. The highest BCUT2D eigenvalue weighted by Crippen LogP contribution is 2.68. The number of fused-ring (bicyclic) bond motifs is 1. The molecule has 6 aliphatic rings. The number of carbonyl (C=O) groups excluding carboxylic acids is 4. The van der Waals surface area contributed by atoms with Crippen molar-refractivity contribution in [1.82, 2.24) is 9.80 Å². The summed E-state index contributed by atoms with van der Waals surface area (Å²) in [4.78, 5) is 55.0. The van der Waals surface area contributed by atoms with Gasteiger partial charge in [-0.05, 0) is 36.5 Å². The fourth-order valence-corrected chi connectivity index (χ4v) is 6.80. The summed E-state index contributed by atoms with van der Waals surface area (Å²) in [6.45, 7) is 5.09. The molecule has 0 aromatic heterocycles. The molecule has 0 radical (unpaired) electrons. The Morgan fingerprint density at radius 1 is 0.643 bits per heavy atom. The van der Waals surface area contributed by atoms with Gasteiger partial charge in [0.1, 0.15) is 0 Å². The summed E-state index contributed by atoms with van der Waals surface area (Å²) in [5.41, 5.74) is 0. The first-order valence-corrected chi connectivity index (χ1v) is 10.9. The second kappa shape index (κ2) is 6.26. The quantitative estimate of drug-likeness (QED) is 0.517. The number of amides is 4. The maximum absolute atomic E-state index is 13.1. The van der Waals surface area contributed by atoms with Crippen molar-refractivity contribution in [2.75, 3.05) is 13.1 Å². The van der Waals surface area contributed by atoms with E-state index in [0.29, 0.717) is 13.1 Å². The zero-order valence-corrected chi connectivity index (χ0v) is 16.5. The van der Waals surface area contributed by atoms with Gasteiger partial charge in [0.25, 0.3) is 0 Å². The van der Waals surface area contributed by atoms with Gasteiger partial charge in [-0.25, -0.2) is 0 Å². The molecule has 28 heavy (non-hydrogen) atoms. The van der Waals surface area contributed by atoms with Crippen molar-refractivity contribution in [3.05, 3.63) is 12.2 Å². The minimum absolute atomic E-state index is 0.0400. The molecule has 4 amide bonds. The Morgan fingerprint density at radius 3 is 1.36 bits per heavy atom. The first-order chi connectivity index (χ1) is 13.5. The van der Waals surface area contributed by atoms with Gasteiger partial charge in [0.05, 0.1) is 23.7 Å². The van der Waals surface area contributed by atoms with E-state index in [9.17, 15) is 19.2 Å². The number of allylic oxidation sites excluding steroid dienone is 2. The molecule has 6 nitrogen and oxygen atoms in total. The number of rotatable bonds is 6. The highest BCUT2D eigenvalue weighted by atomic mass is 16.2. The summed E-state index contributed by atoms with van der Waals surface area (Å²) in [5.74, 6) is -1.44. The van der Waals surface area contributed by atoms with Crippen molar-refractivity contribution < 1.29 is 19.2 Å². The van der Waals surface area contributed by atoms with Crippen molar-refractivity contribution in [3.8, 4) is 0 Å². The molecule has 4 fully saturated rings. The number of carbonyl (C=O) groups is 4. The molecule has 8 atom stereocenters. The van der Waals surface area contributed by atoms with Crippen molar-refractivity contribution in [1.29, 1.82) is 0 Å². The molecule has 2 saturated heterocycles. The Bertz CT molecular complexity index is 733. The lowest BCUT2D eigenvalue weighted by Gasteiger charge is -2.60. The minimum Gasteiger partial charge on any atom is -0.282 e. The standard InChI is InChI=1S/C22H28N2O4/c1-3-5-9-23-19(25)15-11-7-8-12(16(15)20(23)26)14-13(11)17-18(14)22(28)24(21(17)27)10-6-4-2/h7-8,11-18H,3-6,9-10H2,1-2H3/t11-,12+,13-,14-,15+,16+,17-,18-/m1/s1. The monoisotopic (exact) mass is 384 g/mol. The maximum Gasteiger partial charge on any atom is 0.233 e. The van der Waals surface area contributed by atoms with Crippen LogP contribution in [0, 0.1) is 47.3 Å². The molecule has 0 aromatic carbocycles. The van der Waals surface area contributed by atoms with Crippen LogP contribution in [0.15, 0.2) is 12.2 Å². The highest BCUT2D eigenvalue weighted by Gasteiger charge is 2.74. The molecule has 0 unspecified atom stereocenters. The molecular formula is C22H28N2O4. The van der Waals surface area contributed by atoms with Gasteiger partial charge >= 0.3 is 0 Å². The van der Waals surface area contributed by atoms with Crippen molar-refractivity contribution in [2.45, 2.75) is 39.5 Å². The van der Waals surface area contributed by atoms with Crippen LogP contribution in [0.3, 0.4) is 0 Å². The van der Waals surface area contributed by atoms with E-state index in [0.717, 1.165) is 25.7 Å². The van der Waals surface area contributed by atoms with Gasteiger partial charge in [-0.3, -0.25) is 29.0 Å². The van der Waals surface area contributed by atoms with E-state index in [1.54, 1.807) is 0 Å². The Morgan fingerprint density at radius 2 is 1.00 bits per heavy atom. The fourth-order valence-electron chi connectivity index (χ4n) is 6.80. The number of unbranched alkanes of at least 4 members (excludes halogenated alkanes) is 2. The third-order valence-corrected chi connectivity index (χ3v) is 8.00. The van der Waals surface area contributed by atoms with Crippen LogP contribution in [0.4, 0.5) is 0 Å². The number of imide groups is 2. The number of hydrogen-bond acceptors (Lipinski definition) is 4. The van der Waals surface area contributed by atoms with Gasteiger partial charge in [0.15, 0.2) is 0 Å². The molecule has 0 N–H and O–H groups in total. The second-order valence-electron chi connectivity index (χ2n) is 9.16. The highest BCUT2D eigenvalue weighted by molar-refractivity contribution is 6.09. The van der Waals surface area contributed by atoms with Gasteiger partial charge in [-0.15, -0.1) is 0 Å². The Kier molecular flexibility index (Phi) is 4.04. The minimum atomic E-state index is -0.325.